The Bertz CT molecular complexity index is 374. The molecule has 0 radical (unpaired) electrons. The average molecular weight is 215 g/mol. The van der Waals surface area contributed by atoms with E-state index in [0.29, 0.717) is 12.6 Å². The molecular formula is C13H17N3. The largest absolute Gasteiger partial charge is 0.329 e. The zero-order valence-electron chi connectivity index (χ0n) is 9.32. The van der Waals surface area contributed by atoms with Crippen molar-refractivity contribution in [2.45, 2.75) is 24.3 Å². The number of nitrogens with zero attached hydrogens (tertiary/aromatic N) is 1. The fourth-order valence-electron chi connectivity index (χ4n) is 2.36. The van der Waals surface area contributed by atoms with Crippen LogP contribution in [-0.4, -0.2) is 19.1 Å². The van der Waals surface area contributed by atoms with E-state index in [9.17, 15) is 5.26 Å². The van der Waals surface area contributed by atoms with E-state index < -0.39 is 0 Å². The van der Waals surface area contributed by atoms with E-state index in [1.807, 2.05) is 30.3 Å². The highest BCUT2D eigenvalue weighted by Gasteiger charge is 2.45. The predicted octanol–water partition coefficient (Wildman–Crippen LogP) is 1.16. The lowest BCUT2D eigenvalue weighted by atomic mass is 9.62. The van der Waals surface area contributed by atoms with E-state index in [1.54, 1.807) is 0 Å². The van der Waals surface area contributed by atoms with Crippen LogP contribution >= 0.6 is 0 Å². The number of nitrogens with two attached hydrogens (primary N) is 1. The molecule has 1 aliphatic rings. The molecule has 1 aromatic carbocycles. The summed E-state index contributed by atoms with van der Waals surface area (Å²) in [5.41, 5.74) is 6.31. The summed E-state index contributed by atoms with van der Waals surface area (Å²) in [5, 5.41) is 12.7. The molecule has 3 nitrogen and oxygen atoms in total. The fourth-order valence-corrected chi connectivity index (χ4v) is 2.36. The first-order valence-corrected chi connectivity index (χ1v) is 5.71. The van der Waals surface area contributed by atoms with Crippen LogP contribution in [0, 0.1) is 11.3 Å². The van der Waals surface area contributed by atoms with Crippen LogP contribution in [-0.2, 0) is 5.41 Å². The van der Waals surface area contributed by atoms with Crippen molar-refractivity contribution in [3.8, 4) is 6.07 Å². The van der Waals surface area contributed by atoms with Crippen molar-refractivity contribution in [1.29, 1.82) is 5.26 Å². The lowest BCUT2D eigenvalue weighted by Gasteiger charge is -2.43. The monoisotopic (exact) mass is 215 g/mol. The molecule has 0 spiro atoms. The Kier molecular flexibility index (Phi) is 3.23. The molecule has 1 fully saturated rings. The molecule has 84 valence electrons. The third kappa shape index (κ3) is 1.95. The van der Waals surface area contributed by atoms with Gasteiger partial charge < -0.3 is 11.1 Å². The van der Waals surface area contributed by atoms with E-state index in [2.05, 4.69) is 11.4 Å². The highest BCUT2D eigenvalue weighted by atomic mass is 14.9. The van der Waals surface area contributed by atoms with Gasteiger partial charge in [0.15, 0.2) is 0 Å². The van der Waals surface area contributed by atoms with Crippen molar-refractivity contribution >= 4 is 0 Å². The molecular weight excluding hydrogens is 198 g/mol. The molecule has 0 bridgehead atoms. The topological polar surface area (TPSA) is 61.8 Å². The predicted molar refractivity (Wildman–Crippen MR) is 63.8 cm³/mol. The van der Waals surface area contributed by atoms with Crippen molar-refractivity contribution in [3.63, 3.8) is 0 Å². The van der Waals surface area contributed by atoms with Gasteiger partial charge in [0, 0.05) is 19.1 Å². The number of rotatable bonds is 4. The quantitative estimate of drug-likeness (QED) is 0.792. The second kappa shape index (κ2) is 4.65. The molecule has 0 saturated heterocycles. The molecule has 16 heavy (non-hydrogen) atoms. The van der Waals surface area contributed by atoms with Gasteiger partial charge in [-0.15, -0.1) is 0 Å². The molecule has 0 aromatic heterocycles. The summed E-state index contributed by atoms with van der Waals surface area (Å²) < 4.78 is 0. The Labute approximate surface area is 96.3 Å². The van der Waals surface area contributed by atoms with E-state index >= 15 is 0 Å². The molecule has 1 aliphatic carbocycles. The average Bonchev–Trinajstić information content (AvgIpc) is 2.29. The Balaban J connectivity index is 2.01. The van der Waals surface area contributed by atoms with Gasteiger partial charge in [-0.05, 0) is 18.4 Å². The molecule has 3 N–H and O–H groups in total. The summed E-state index contributed by atoms with van der Waals surface area (Å²) in [5.74, 6) is 0. The van der Waals surface area contributed by atoms with Gasteiger partial charge >= 0.3 is 0 Å². The summed E-state index contributed by atoms with van der Waals surface area (Å²) in [6.07, 6.45) is 1.79. The zero-order valence-corrected chi connectivity index (χ0v) is 9.32. The standard InChI is InChI=1S/C13H17N3/c14-6-7-16-12-8-13(9-12,10-15)11-4-2-1-3-5-11/h1-5,12,16H,6-9,14H2. The van der Waals surface area contributed by atoms with Crippen LogP contribution in [0.5, 0.6) is 0 Å². The van der Waals surface area contributed by atoms with Gasteiger partial charge in [0.25, 0.3) is 0 Å². The minimum atomic E-state index is -0.270. The van der Waals surface area contributed by atoms with E-state index in [-0.39, 0.29) is 5.41 Å². The fraction of sp³-hybridized carbons (Fsp3) is 0.462. The SMILES string of the molecule is N#CC1(c2ccccc2)CC(NCCN)C1. The maximum Gasteiger partial charge on any atom is 0.0852 e. The van der Waals surface area contributed by atoms with Gasteiger partial charge in [0.05, 0.1) is 11.5 Å². The number of nitrogens with one attached hydrogen (secondary N) is 1. The first-order chi connectivity index (χ1) is 7.80. The van der Waals surface area contributed by atoms with Crippen LogP contribution < -0.4 is 11.1 Å². The first-order valence-electron chi connectivity index (χ1n) is 5.71. The Morgan fingerprint density at radius 1 is 1.38 bits per heavy atom. The Morgan fingerprint density at radius 3 is 2.62 bits per heavy atom. The number of nitriles is 1. The number of hydrogen-bond donors (Lipinski definition) is 2. The van der Waals surface area contributed by atoms with E-state index in [1.165, 1.54) is 0 Å². The maximum absolute atomic E-state index is 9.33. The Morgan fingerprint density at radius 2 is 2.06 bits per heavy atom. The van der Waals surface area contributed by atoms with Crippen LogP contribution in [0.4, 0.5) is 0 Å². The minimum absolute atomic E-state index is 0.270. The summed E-state index contributed by atoms with van der Waals surface area (Å²) in [7, 11) is 0. The highest BCUT2D eigenvalue weighted by Crippen LogP contribution is 2.43. The van der Waals surface area contributed by atoms with E-state index in [0.717, 1.165) is 24.9 Å². The van der Waals surface area contributed by atoms with Gasteiger partial charge in [-0.2, -0.15) is 5.26 Å². The van der Waals surface area contributed by atoms with Gasteiger partial charge in [0.1, 0.15) is 0 Å². The van der Waals surface area contributed by atoms with E-state index in [4.69, 9.17) is 5.73 Å². The molecule has 1 aromatic rings. The zero-order chi connectivity index (χ0) is 11.4. The summed E-state index contributed by atoms with van der Waals surface area (Å²) in [4.78, 5) is 0. The third-order valence-electron chi connectivity index (χ3n) is 3.31. The Hall–Kier alpha value is -1.37. The summed E-state index contributed by atoms with van der Waals surface area (Å²) >= 11 is 0. The summed E-state index contributed by atoms with van der Waals surface area (Å²) in [6, 6.07) is 13.0. The number of hydrogen-bond acceptors (Lipinski definition) is 3. The van der Waals surface area contributed by atoms with Crippen LogP contribution in [0.3, 0.4) is 0 Å². The first kappa shape index (κ1) is 11.1. The minimum Gasteiger partial charge on any atom is -0.329 e. The van der Waals surface area contributed by atoms with Crippen LogP contribution in [0.15, 0.2) is 30.3 Å². The van der Waals surface area contributed by atoms with Crippen LogP contribution in [0.25, 0.3) is 0 Å². The van der Waals surface area contributed by atoms with Crippen molar-refractivity contribution in [2.75, 3.05) is 13.1 Å². The lowest BCUT2D eigenvalue weighted by molar-refractivity contribution is 0.229. The third-order valence-corrected chi connectivity index (χ3v) is 3.31. The second-order valence-corrected chi connectivity index (χ2v) is 4.41. The molecule has 0 heterocycles. The van der Waals surface area contributed by atoms with Gasteiger partial charge in [-0.1, -0.05) is 30.3 Å². The molecule has 0 unspecified atom stereocenters. The molecule has 3 heteroatoms. The highest BCUT2D eigenvalue weighted by molar-refractivity contribution is 5.36. The normalized spacial score (nSPS) is 28.1. The van der Waals surface area contributed by atoms with Gasteiger partial charge in [0.2, 0.25) is 0 Å². The summed E-state index contributed by atoms with van der Waals surface area (Å²) in [6.45, 7) is 1.49. The molecule has 0 atom stereocenters. The molecule has 0 amide bonds. The van der Waals surface area contributed by atoms with Gasteiger partial charge in [-0.3, -0.25) is 0 Å². The second-order valence-electron chi connectivity index (χ2n) is 4.41. The van der Waals surface area contributed by atoms with Crippen LogP contribution in [0.1, 0.15) is 18.4 Å². The van der Waals surface area contributed by atoms with Crippen molar-refractivity contribution in [1.82, 2.24) is 5.32 Å². The molecule has 1 saturated carbocycles. The molecule has 2 rings (SSSR count). The van der Waals surface area contributed by atoms with Gasteiger partial charge in [-0.25, -0.2) is 0 Å². The van der Waals surface area contributed by atoms with Crippen molar-refractivity contribution < 1.29 is 0 Å². The molecule has 0 aliphatic heterocycles. The smallest absolute Gasteiger partial charge is 0.0852 e. The van der Waals surface area contributed by atoms with Crippen molar-refractivity contribution in [3.05, 3.63) is 35.9 Å². The van der Waals surface area contributed by atoms with Crippen molar-refractivity contribution in [2.24, 2.45) is 5.73 Å². The van der Waals surface area contributed by atoms with Crippen LogP contribution in [0.2, 0.25) is 0 Å². The number of benzene rings is 1. The maximum atomic E-state index is 9.33. The lowest BCUT2D eigenvalue weighted by Crippen LogP contribution is -2.51.